The Kier molecular flexibility index (Phi) is 7.07. The quantitative estimate of drug-likeness (QED) is 0.679. The number of methoxy groups -OCH3 is 1. The van der Waals surface area contributed by atoms with E-state index in [0.29, 0.717) is 31.2 Å². The lowest BCUT2D eigenvalue weighted by Gasteiger charge is -2.10. The number of hydrogen-bond acceptors (Lipinski definition) is 5. The molecule has 2 N–H and O–H groups in total. The average molecular weight is 343 g/mol. The van der Waals surface area contributed by atoms with Gasteiger partial charge in [-0.05, 0) is 56.7 Å². The monoisotopic (exact) mass is 343 g/mol. The number of aromatic nitrogens is 1. The molecule has 0 bridgehead atoms. The normalized spacial score (nSPS) is 10.4. The van der Waals surface area contributed by atoms with E-state index in [1.54, 1.807) is 13.3 Å². The van der Waals surface area contributed by atoms with Crippen molar-refractivity contribution in [2.75, 3.05) is 24.4 Å². The van der Waals surface area contributed by atoms with Gasteiger partial charge in [-0.25, -0.2) is 4.98 Å². The van der Waals surface area contributed by atoms with Gasteiger partial charge in [0.1, 0.15) is 17.3 Å². The Morgan fingerprint density at radius 1 is 1.12 bits per heavy atom. The lowest BCUT2D eigenvalue weighted by molar-refractivity contribution is -0.116. The molecule has 6 nitrogen and oxygen atoms in total. The number of amides is 1. The fraction of sp³-hybridized carbons (Fsp3) is 0.368. The smallest absolute Gasteiger partial charge is 0.224 e. The first-order chi connectivity index (χ1) is 12.1. The van der Waals surface area contributed by atoms with Crippen molar-refractivity contribution in [3.8, 4) is 11.5 Å². The van der Waals surface area contributed by atoms with E-state index in [1.807, 2.05) is 50.2 Å². The topological polar surface area (TPSA) is 72.5 Å². The molecule has 0 saturated carbocycles. The molecule has 0 fully saturated rings. The number of carbonyl (C=O) groups is 1. The van der Waals surface area contributed by atoms with Gasteiger partial charge in [-0.2, -0.15) is 0 Å². The van der Waals surface area contributed by atoms with Gasteiger partial charge in [0.15, 0.2) is 0 Å². The van der Waals surface area contributed by atoms with Crippen LogP contribution in [0.1, 0.15) is 26.7 Å². The zero-order valence-electron chi connectivity index (χ0n) is 14.9. The second kappa shape index (κ2) is 9.52. The van der Waals surface area contributed by atoms with Crippen molar-refractivity contribution < 1.29 is 14.3 Å². The molecule has 134 valence electrons. The first-order valence-electron chi connectivity index (χ1n) is 8.36. The van der Waals surface area contributed by atoms with Crippen LogP contribution in [-0.4, -0.2) is 30.6 Å². The summed E-state index contributed by atoms with van der Waals surface area (Å²) in [6.07, 6.45) is 2.68. The van der Waals surface area contributed by atoms with Gasteiger partial charge in [-0.1, -0.05) is 0 Å². The standard InChI is InChI=1S/C19H25N3O3/c1-14(2)21-18-11-6-15(13-20-18)22-19(23)5-4-12-25-17-9-7-16(24-3)8-10-17/h6-11,13-14H,4-5,12H2,1-3H3,(H,20,21)(H,22,23). The highest BCUT2D eigenvalue weighted by Crippen LogP contribution is 2.17. The predicted molar refractivity (Wildman–Crippen MR) is 99.3 cm³/mol. The molecule has 0 atom stereocenters. The molecule has 25 heavy (non-hydrogen) atoms. The predicted octanol–water partition coefficient (Wildman–Crippen LogP) is 3.71. The van der Waals surface area contributed by atoms with E-state index >= 15 is 0 Å². The number of nitrogens with zero attached hydrogens (tertiary/aromatic N) is 1. The minimum atomic E-state index is -0.0512. The number of benzene rings is 1. The molecular weight excluding hydrogens is 318 g/mol. The molecular formula is C19H25N3O3. The van der Waals surface area contributed by atoms with E-state index < -0.39 is 0 Å². The summed E-state index contributed by atoms with van der Waals surface area (Å²) in [5, 5.41) is 6.04. The maximum atomic E-state index is 11.9. The van der Waals surface area contributed by atoms with E-state index in [-0.39, 0.29) is 5.91 Å². The Morgan fingerprint density at radius 2 is 1.84 bits per heavy atom. The number of anilines is 2. The summed E-state index contributed by atoms with van der Waals surface area (Å²) >= 11 is 0. The molecule has 1 aromatic carbocycles. The maximum absolute atomic E-state index is 11.9. The van der Waals surface area contributed by atoms with Crippen molar-refractivity contribution in [1.82, 2.24) is 4.98 Å². The molecule has 6 heteroatoms. The van der Waals surface area contributed by atoms with Crippen LogP contribution in [0.25, 0.3) is 0 Å². The molecule has 0 aliphatic heterocycles. The number of carbonyl (C=O) groups excluding carboxylic acids is 1. The van der Waals surface area contributed by atoms with E-state index in [1.165, 1.54) is 0 Å². The van der Waals surface area contributed by atoms with Gasteiger partial charge < -0.3 is 20.1 Å². The van der Waals surface area contributed by atoms with E-state index in [9.17, 15) is 4.79 Å². The second-order valence-corrected chi connectivity index (χ2v) is 5.91. The van der Waals surface area contributed by atoms with E-state index in [0.717, 1.165) is 17.3 Å². The second-order valence-electron chi connectivity index (χ2n) is 5.91. The van der Waals surface area contributed by atoms with Crippen molar-refractivity contribution >= 4 is 17.4 Å². The van der Waals surface area contributed by atoms with Crippen molar-refractivity contribution in [3.05, 3.63) is 42.6 Å². The van der Waals surface area contributed by atoms with Gasteiger partial charge in [-0.3, -0.25) is 4.79 Å². The highest BCUT2D eigenvalue weighted by molar-refractivity contribution is 5.90. The molecule has 0 radical (unpaired) electrons. The fourth-order valence-electron chi connectivity index (χ4n) is 2.17. The Hall–Kier alpha value is -2.76. The zero-order valence-corrected chi connectivity index (χ0v) is 14.9. The average Bonchev–Trinajstić information content (AvgIpc) is 2.60. The summed E-state index contributed by atoms with van der Waals surface area (Å²) < 4.78 is 10.7. The van der Waals surface area contributed by atoms with Crippen LogP contribution in [0.3, 0.4) is 0 Å². The van der Waals surface area contributed by atoms with E-state index in [2.05, 4.69) is 15.6 Å². The molecule has 2 aromatic rings. The molecule has 2 rings (SSSR count). The maximum Gasteiger partial charge on any atom is 0.224 e. The summed E-state index contributed by atoms with van der Waals surface area (Å²) in [6, 6.07) is 11.4. The lowest BCUT2D eigenvalue weighted by Crippen LogP contribution is -2.14. The third kappa shape index (κ3) is 6.71. The number of rotatable bonds is 9. The molecule has 0 saturated heterocycles. The summed E-state index contributed by atoms with van der Waals surface area (Å²) in [5.74, 6) is 2.29. The molecule has 1 heterocycles. The Balaban J connectivity index is 1.67. The van der Waals surface area contributed by atoms with Crippen LogP contribution in [-0.2, 0) is 4.79 Å². The Bertz CT molecular complexity index is 655. The van der Waals surface area contributed by atoms with Crippen molar-refractivity contribution in [2.24, 2.45) is 0 Å². The number of pyridine rings is 1. The Labute approximate surface area is 148 Å². The van der Waals surface area contributed by atoms with Crippen molar-refractivity contribution in [3.63, 3.8) is 0 Å². The summed E-state index contributed by atoms with van der Waals surface area (Å²) in [5.41, 5.74) is 0.690. The van der Waals surface area contributed by atoms with Gasteiger partial charge in [0.05, 0.1) is 25.6 Å². The first kappa shape index (κ1) is 18.6. The van der Waals surface area contributed by atoms with Crippen LogP contribution < -0.4 is 20.1 Å². The van der Waals surface area contributed by atoms with E-state index in [4.69, 9.17) is 9.47 Å². The van der Waals surface area contributed by atoms with Crippen molar-refractivity contribution in [1.29, 1.82) is 0 Å². The third-order valence-corrected chi connectivity index (χ3v) is 3.36. The highest BCUT2D eigenvalue weighted by atomic mass is 16.5. The van der Waals surface area contributed by atoms with Crippen molar-refractivity contribution in [2.45, 2.75) is 32.7 Å². The number of hydrogen-bond donors (Lipinski definition) is 2. The van der Waals surface area contributed by atoms with Crippen LogP contribution in [0, 0.1) is 0 Å². The minimum absolute atomic E-state index is 0.0512. The SMILES string of the molecule is COc1ccc(OCCCC(=O)Nc2ccc(NC(C)C)nc2)cc1. The number of ether oxygens (including phenoxy) is 2. The molecule has 0 aliphatic rings. The van der Waals surface area contributed by atoms with Crippen LogP contribution in [0.15, 0.2) is 42.6 Å². The van der Waals surface area contributed by atoms with Crippen LogP contribution >= 0.6 is 0 Å². The van der Waals surface area contributed by atoms with Gasteiger partial charge in [-0.15, -0.1) is 0 Å². The summed E-state index contributed by atoms with van der Waals surface area (Å²) in [4.78, 5) is 16.2. The van der Waals surface area contributed by atoms with Gasteiger partial charge in [0, 0.05) is 12.5 Å². The molecule has 0 unspecified atom stereocenters. The van der Waals surface area contributed by atoms with Gasteiger partial charge >= 0.3 is 0 Å². The fourth-order valence-corrected chi connectivity index (χ4v) is 2.17. The first-order valence-corrected chi connectivity index (χ1v) is 8.36. The van der Waals surface area contributed by atoms with Gasteiger partial charge in [0.25, 0.3) is 0 Å². The Morgan fingerprint density at radius 3 is 2.44 bits per heavy atom. The largest absolute Gasteiger partial charge is 0.497 e. The molecule has 1 amide bonds. The minimum Gasteiger partial charge on any atom is -0.497 e. The molecule has 0 spiro atoms. The van der Waals surface area contributed by atoms with Gasteiger partial charge in [0.2, 0.25) is 5.91 Å². The lowest BCUT2D eigenvalue weighted by atomic mass is 10.3. The summed E-state index contributed by atoms with van der Waals surface area (Å²) in [6.45, 7) is 4.58. The highest BCUT2D eigenvalue weighted by Gasteiger charge is 2.04. The third-order valence-electron chi connectivity index (χ3n) is 3.36. The zero-order chi connectivity index (χ0) is 18.1. The van der Waals surface area contributed by atoms with Crippen LogP contribution in [0.4, 0.5) is 11.5 Å². The summed E-state index contributed by atoms with van der Waals surface area (Å²) in [7, 11) is 1.62. The van der Waals surface area contributed by atoms with Crippen LogP contribution in [0.2, 0.25) is 0 Å². The molecule has 0 aliphatic carbocycles. The van der Waals surface area contributed by atoms with Crippen LogP contribution in [0.5, 0.6) is 11.5 Å². The molecule has 1 aromatic heterocycles. The number of nitrogens with one attached hydrogen (secondary N) is 2.